The van der Waals surface area contributed by atoms with Crippen LogP contribution in [0.3, 0.4) is 0 Å². The minimum Gasteiger partial charge on any atom is -0.373 e. The standard InChI is InChI=1S/C9H16N2O/c1-8(2)10-3-4-11-7-12-6-9(11)5-10/h9H,1,3-7H2,2H3. The molecule has 0 amide bonds. The summed E-state index contributed by atoms with van der Waals surface area (Å²) in [4.78, 5) is 4.75. The highest BCUT2D eigenvalue weighted by Gasteiger charge is 2.30. The van der Waals surface area contributed by atoms with Crippen LogP contribution in [0.1, 0.15) is 6.92 Å². The van der Waals surface area contributed by atoms with E-state index in [4.69, 9.17) is 4.74 Å². The van der Waals surface area contributed by atoms with E-state index in [1.807, 2.05) is 0 Å². The van der Waals surface area contributed by atoms with Crippen LogP contribution < -0.4 is 0 Å². The second-order valence-corrected chi connectivity index (χ2v) is 3.65. The minimum absolute atomic E-state index is 0.607. The van der Waals surface area contributed by atoms with Crippen LogP contribution in [0.25, 0.3) is 0 Å². The third-order valence-electron chi connectivity index (χ3n) is 2.71. The Bertz CT molecular complexity index is 193. The van der Waals surface area contributed by atoms with Gasteiger partial charge in [0.2, 0.25) is 0 Å². The Labute approximate surface area is 73.6 Å². The largest absolute Gasteiger partial charge is 0.373 e. The van der Waals surface area contributed by atoms with Crippen LogP contribution in [-0.2, 0) is 4.74 Å². The zero-order chi connectivity index (χ0) is 8.55. The monoisotopic (exact) mass is 168 g/mol. The Hall–Kier alpha value is -0.540. The molecule has 2 aliphatic rings. The van der Waals surface area contributed by atoms with Gasteiger partial charge < -0.3 is 9.64 Å². The highest BCUT2D eigenvalue weighted by atomic mass is 16.5. The van der Waals surface area contributed by atoms with Crippen molar-refractivity contribution >= 4 is 0 Å². The molecule has 0 aromatic carbocycles. The van der Waals surface area contributed by atoms with Crippen molar-refractivity contribution in [2.45, 2.75) is 13.0 Å². The van der Waals surface area contributed by atoms with Crippen molar-refractivity contribution < 1.29 is 4.74 Å². The summed E-state index contributed by atoms with van der Waals surface area (Å²) in [6, 6.07) is 0.607. The predicted molar refractivity (Wildman–Crippen MR) is 47.7 cm³/mol. The van der Waals surface area contributed by atoms with Crippen molar-refractivity contribution in [1.82, 2.24) is 9.80 Å². The molecule has 1 unspecified atom stereocenters. The van der Waals surface area contributed by atoms with Crippen LogP contribution in [0.2, 0.25) is 0 Å². The van der Waals surface area contributed by atoms with E-state index in [0.717, 1.165) is 33.0 Å². The lowest BCUT2D eigenvalue weighted by molar-refractivity contribution is 0.106. The van der Waals surface area contributed by atoms with Gasteiger partial charge in [-0.25, -0.2) is 0 Å². The highest BCUT2D eigenvalue weighted by Crippen LogP contribution is 2.17. The molecule has 2 heterocycles. The molecule has 0 aromatic rings. The number of nitrogens with zero attached hydrogens (tertiary/aromatic N) is 2. The summed E-state index contributed by atoms with van der Waals surface area (Å²) in [5.41, 5.74) is 1.18. The zero-order valence-electron chi connectivity index (χ0n) is 7.62. The van der Waals surface area contributed by atoms with Crippen molar-refractivity contribution in [2.24, 2.45) is 0 Å². The van der Waals surface area contributed by atoms with Crippen molar-refractivity contribution in [3.63, 3.8) is 0 Å². The summed E-state index contributed by atoms with van der Waals surface area (Å²) in [6.07, 6.45) is 0. The van der Waals surface area contributed by atoms with E-state index >= 15 is 0 Å². The Morgan fingerprint density at radius 1 is 1.50 bits per heavy atom. The molecular formula is C9H16N2O. The Morgan fingerprint density at radius 3 is 3.08 bits per heavy atom. The van der Waals surface area contributed by atoms with Crippen LogP contribution in [0.15, 0.2) is 12.3 Å². The van der Waals surface area contributed by atoms with E-state index in [0.29, 0.717) is 6.04 Å². The number of rotatable bonds is 1. The summed E-state index contributed by atoms with van der Waals surface area (Å²) in [5.74, 6) is 0. The number of ether oxygens (including phenoxy) is 1. The van der Waals surface area contributed by atoms with Gasteiger partial charge in [0.25, 0.3) is 0 Å². The molecule has 2 aliphatic heterocycles. The maximum Gasteiger partial charge on any atom is 0.0995 e. The lowest BCUT2D eigenvalue weighted by Crippen LogP contribution is -2.50. The molecule has 0 radical (unpaired) electrons. The number of hydrogen-bond donors (Lipinski definition) is 0. The summed E-state index contributed by atoms with van der Waals surface area (Å²) < 4.78 is 5.39. The van der Waals surface area contributed by atoms with Gasteiger partial charge >= 0.3 is 0 Å². The molecule has 12 heavy (non-hydrogen) atoms. The van der Waals surface area contributed by atoms with Crippen LogP contribution in [0.4, 0.5) is 0 Å². The van der Waals surface area contributed by atoms with Gasteiger partial charge in [0.05, 0.1) is 19.4 Å². The van der Waals surface area contributed by atoms with E-state index < -0.39 is 0 Å². The van der Waals surface area contributed by atoms with Gasteiger partial charge in [0, 0.05) is 25.3 Å². The molecule has 1 atom stereocenters. The molecule has 3 heteroatoms. The topological polar surface area (TPSA) is 15.7 Å². The number of hydrogen-bond acceptors (Lipinski definition) is 3. The average molecular weight is 168 g/mol. The second kappa shape index (κ2) is 3.07. The van der Waals surface area contributed by atoms with Crippen molar-refractivity contribution in [1.29, 1.82) is 0 Å². The van der Waals surface area contributed by atoms with Crippen molar-refractivity contribution in [3.05, 3.63) is 12.3 Å². The fraction of sp³-hybridized carbons (Fsp3) is 0.778. The maximum atomic E-state index is 5.39. The highest BCUT2D eigenvalue weighted by molar-refractivity contribution is 4.95. The predicted octanol–water partition coefficient (Wildman–Crippen LogP) is 0.494. The number of piperazine rings is 1. The molecule has 0 aliphatic carbocycles. The van der Waals surface area contributed by atoms with Gasteiger partial charge in [-0.2, -0.15) is 0 Å². The van der Waals surface area contributed by atoms with E-state index in [1.54, 1.807) is 0 Å². The van der Waals surface area contributed by atoms with Crippen LogP contribution in [0.5, 0.6) is 0 Å². The van der Waals surface area contributed by atoms with Gasteiger partial charge in [0.15, 0.2) is 0 Å². The van der Waals surface area contributed by atoms with Crippen molar-refractivity contribution in [2.75, 3.05) is 33.0 Å². The smallest absolute Gasteiger partial charge is 0.0995 e. The Morgan fingerprint density at radius 2 is 2.33 bits per heavy atom. The fourth-order valence-electron chi connectivity index (χ4n) is 1.87. The van der Waals surface area contributed by atoms with Gasteiger partial charge in [-0.1, -0.05) is 6.58 Å². The molecule has 3 nitrogen and oxygen atoms in total. The molecule has 2 fully saturated rings. The molecular weight excluding hydrogens is 152 g/mol. The third-order valence-corrected chi connectivity index (χ3v) is 2.71. The molecule has 0 spiro atoms. The summed E-state index contributed by atoms with van der Waals surface area (Å²) in [5, 5.41) is 0. The van der Waals surface area contributed by atoms with Gasteiger partial charge in [-0.05, 0) is 6.92 Å². The normalized spacial score (nSPS) is 30.4. The number of allylic oxidation sites excluding steroid dienone is 1. The van der Waals surface area contributed by atoms with E-state index in [9.17, 15) is 0 Å². The molecule has 0 N–H and O–H groups in total. The van der Waals surface area contributed by atoms with Gasteiger partial charge in [-0.3, -0.25) is 4.90 Å². The molecule has 68 valence electrons. The fourth-order valence-corrected chi connectivity index (χ4v) is 1.87. The number of fused-ring (bicyclic) bond motifs is 1. The molecule has 2 rings (SSSR count). The minimum atomic E-state index is 0.607. The van der Waals surface area contributed by atoms with E-state index in [2.05, 4.69) is 23.3 Å². The summed E-state index contributed by atoms with van der Waals surface area (Å²) >= 11 is 0. The van der Waals surface area contributed by atoms with Gasteiger partial charge in [0.1, 0.15) is 0 Å². The Kier molecular flexibility index (Phi) is 2.07. The van der Waals surface area contributed by atoms with E-state index in [-0.39, 0.29) is 0 Å². The first-order valence-electron chi connectivity index (χ1n) is 4.49. The lowest BCUT2D eigenvalue weighted by Gasteiger charge is -2.37. The molecule has 0 bridgehead atoms. The summed E-state index contributed by atoms with van der Waals surface area (Å²) in [6.45, 7) is 11.1. The molecule has 0 aromatic heterocycles. The van der Waals surface area contributed by atoms with Crippen LogP contribution >= 0.6 is 0 Å². The zero-order valence-corrected chi connectivity index (χ0v) is 7.62. The summed E-state index contributed by atoms with van der Waals surface area (Å²) in [7, 11) is 0. The molecule has 0 saturated carbocycles. The average Bonchev–Trinajstić information content (AvgIpc) is 2.49. The Balaban J connectivity index is 1.96. The molecule has 2 saturated heterocycles. The maximum absolute atomic E-state index is 5.39. The third kappa shape index (κ3) is 1.34. The quantitative estimate of drug-likeness (QED) is 0.567. The SMILES string of the molecule is C=C(C)N1CCN2COCC2C1. The lowest BCUT2D eigenvalue weighted by atomic mass is 10.2. The van der Waals surface area contributed by atoms with Gasteiger partial charge in [-0.15, -0.1) is 0 Å². The second-order valence-electron chi connectivity index (χ2n) is 3.65. The van der Waals surface area contributed by atoms with Crippen molar-refractivity contribution in [3.8, 4) is 0 Å². The van der Waals surface area contributed by atoms with Crippen LogP contribution in [-0.4, -0.2) is 48.8 Å². The van der Waals surface area contributed by atoms with E-state index in [1.165, 1.54) is 5.70 Å². The first-order chi connectivity index (χ1) is 5.77. The first-order valence-corrected chi connectivity index (χ1v) is 4.49. The van der Waals surface area contributed by atoms with Crippen LogP contribution in [0, 0.1) is 0 Å². The first kappa shape index (κ1) is 8.08.